The summed E-state index contributed by atoms with van der Waals surface area (Å²) in [4.78, 5) is 14.1. The summed E-state index contributed by atoms with van der Waals surface area (Å²) in [7, 11) is 0. The van der Waals surface area contributed by atoms with Crippen LogP contribution in [0.15, 0.2) is 225 Å². The van der Waals surface area contributed by atoms with Gasteiger partial charge in [0.05, 0.1) is 17.3 Å². The second kappa shape index (κ2) is 19.0. The van der Waals surface area contributed by atoms with Crippen LogP contribution in [0.5, 0.6) is 0 Å². The number of para-hydroxylation sites is 3. The minimum absolute atomic E-state index is 0. The number of aromatic nitrogens is 1. The molecule has 0 fully saturated rings. The van der Waals surface area contributed by atoms with Crippen LogP contribution in [0.3, 0.4) is 0 Å². The van der Waals surface area contributed by atoms with Crippen molar-refractivity contribution >= 4 is 57.0 Å². The zero-order chi connectivity index (χ0) is 48.1. The first kappa shape index (κ1) is 45.9. The van der Waals surface area contributed by atoms with Gasteiger partial charge in [0, 0.05) is 55.6 Å². The molecule has 3 heterocycles. The molecular weight excluding hydrogens is 1060 g/mol. The fraction of sp³-hybridized carbons (Fsp3) is 0.0615. The van der Waals surface area contributed by atoms with E-state index in [1.54, 1.807) is 0 Å². The SMILES string of the molecule is CC(C)(C)c1cccc(N2[CH-]N(c3[c-]c(N(c4[c-]c5c(cc4)-c4ccccc4-c4cc(C#N)ccc4N5c4cc(-c5ccccc5)ccn4)c4ccccc4)cc(-c4ccccc4)c3)c3ccccc32)c1.[Pt]. The van der Waals surface area contributed by atoms with E-state index in [4.69, 9.17) is 4.98 Å². The standard InChI is InChI=1S/C65H47N6.Pt/c1-65(2,3)50-22-17-25-52(40-50)68-44-69(62-29-16-15-28-61(62)68)54-37-49(47-20-9-5-10-21-47)38-55(41-54)70(51-23-11-6-12-24-51)53-31-32-58-56-26-13-14-27-57(56)59-36-45(43-66)30-33-60(59)71(63(58)42-53)64-39-48(34-35-67-64)46-18-7-4-8-19-46;/h4-40,44H,1-3H3;/q-3;. The van der Waals surface area contributed by atoms with Crippen molar-refractivity contribution in [1.29, 1.82) is 5.26 Å². The fourth-order valence-electron chi connectivity index (χ4n) is 9.88. The summed E-state index contributed by atoms with van der Waals surface area (Å²) < 4.78 is 0. The first-order chi connectivity index (χ1) is 34.8. The Morgan fingerprint density at radius 3 is 1.88 bits per heavy atom. The Hall–Kier alpha value is -8.49. The van der Waals surface area contributed by atoms with Gasteiger partial charge in [-0.1, -0.05) is 171 Å². The van der Waals surface area contributed by atoms with Crippen molar-refractivity contribution in [3.05, 3.63) is 255 Å². The molecule has 0 spiro atoms. The maximum Gasteiger partial charge on any atom is 0.136 e. The number of rotatable bonds is 8. The van der Waals surface area contributed by atoms with E-state index in [0.29, 0.717) is 5.56 Å². The first-order valence-electron chi connectivity index (χ1n) is 23.9. The summed E-state index contributed by atoms with van der Waals surface area (Å²) in [6.07, 6.45) is 1.88. The van der Waals surface area contributed by atoms with Crippen LogP contribution in [-0.4, -0.2) is 4.98 Å². The quantitative estimate of drug-likeness (QED) is 0.141. The van der Waals surface area contributed by atoms with Gasteiger partial charge in [0.1, 0.15) is 5.82 Å². The average Bonchev–Trinajstić information content (AvgIpc) is 3.76. The van der Waals surface area contributed by atoms with Gasteiger partial charge >= 0.3 is 0 Å². The van der Waals surface area contributed by atoms with Crippen LogP contribution in [0.25, 0.3) is 44.5 Å². The molecule has 1 aromatic heterocycles. The van der Waals surface area contributed by atoms with Gasteiger partial charge in [-0.15, -0.1) is 53.8 Å². The van der Waals surface area contributed by atoms with Gasteiger partial charge in [-0.05, 0) is 100.0 Å². The maximum absolute atomic E-state index is 10.2. The van der Waals surface area contributed by atoms with Gasteiger partial charge in [-0.25, -0.2) is 4.98 Å². The molecular formula is C65H47N6Pt-3. The van der Waals surface area contributed by atoms with E-state index in [2.05, 4.69) is 253 Å². The van der Waals surface area contributed by atoms with Gasteiger partial charge in [0.2, 0.25) is 0 Å². The molecule has 6 nitrogen and oxygen atoms in total. The molecule has 0 unspecified atom stereocenters. The molecule has 0 saturated carbocycles. The molecule has 9 aromatic carbocycles. The molecule has 0 aliphatic carbocycles. The normalized spacial score (nSPS) is 12.4. The van der Waals surface area contributed by atoms with Crippen molar-refractivity contribution in [1.82, 2.24) is 4.98 Å². The number of nitrogens with zero attached hydrogens (tertiary/aromatic N) is 6. The molecule has 72 heavy (non-hydrogen) atoms. The number of hydrogen-bond acceptors (Lipinski definition) is 6. The molecule has 0 atom stereocenters. The van der Waals surface area contributed by atoms with Gasteiger partial charge in [0.15, 0.2) is 0 Å². The van der Waals surface area contributed by atoms with Crippen molar-refractivity contribution < 1.29 is 21.1 Å². The zero-order valence-corrected chi connectivity index (χ0v) is 42.2. The Kier molecular flexibility index (Phi) is 12.1. The zero-order valence-electron chi connectivity index (χ0n) is 39.9. The van der Waals surface area contributed by atoms with Crippen molar-refractivity contribution in [3.8, 4) is 50.6 Å². The predicted molar refractivity (Wildman–Crippen MR) is 291 cm³/mol. The molecule has 2 aliphatic heterocycles. The van der Waals surface area contributed by atoms with E-state index in [0.717, 1.165) is 102 Å². The Morgan fingerprint density at radius 2 is 1.17 bits per heavy atom. The third kappa shape index (κ3) is 8.42. The van der Waals surface area contributed by atoms with Crippen LogP contribution >= 0.6 is 0 Å². The van der Waals surface area contributed by atoms with Gasteiger partial charge in [-0.2, -0.15) is 11.3 Å². The Balaban J connectivity index is 0.00000560. The number of nitriles is 1. The topological polar surface area (TPSA) is 49.6 Å². The van der Waals surface area contributed by atoms with Crippen molar-refractivity contribution in [2.45, 2.75) is 26.2 Å². The monoisotopic (exact) mass is 1110 g/mol. The summed E-state index contributed by atoms with van der Waals surface area (Å²) >= 11 is 0. The maximum atomic E-state index is 10.2. The summed E-state index contributed by atoms with van der Waals surface area (Å²) in [6, 6.07) is 86.6. The number of benzene rings is 9. The molecule has 2 aliphatic rings. The second-order valence-corrected chi connectivity index (χ2v) is 18.9. The van der Waals surface area contributed by atoms with Gasteiger partial charge in [-0.3, -0.25) is 0 Å². The number of pyridine rings is 1. The Bertz CT molecular complexity index is 3660. The average molecular weight is 1110 g/mol. The third-order valence-electron chi connectivity index (χ3n) is 13.4. The molecule has 0 bridgehead atoms. The fourth-order valence-corrected chi connectivity index (χ4v) is 9.88. The molecule has 0 amide bonds. The van der Waals surface area contributed by atoms with Crippen LogP contribution in [0.1, 0.15) is 31.9 Å². The van der Waals surface area contributed by atoms with Crippen LogP contribution in [-0.2, 0) is 26.5 Å². The Morgan fingerprint density at radius 1 is 0.514 bits per heavy atom. The molecule has 0 N–H and O–H groups in total. The molecule has 350 valence electrons. The summed E-state index contributed by atoms with van der Waals surface area (Å²) in [5.41, 5.74) is 18.5. The van der Waals surface area contributed by atoms with E-state index in [1.807, 2.05) is 36.5 Å². The van der Waals surface area contributed by atoms with Crippen molar-refractivity contribution in [2.75, 3.05) is 19.6 Å². The molecule has 12 rings (SSSR count). The minimum Gasteiger partial charge on any atom is -0.493 e. The van der Waals surface area contributed by atoms with Crippen molar-refractivity contribution in [2.24, 2.45) is 0 Å². The van der Waals surface area contributed by atoms with Crippen LogP contribution in [0.2, 0.25) is 0 Å². The largest absolute Gasteiger partial charge is 0.493 e. The smallest absolute Gasteiger partial charge is 0.136 e. The van der Waals surface area contributed by atoms with Gasteiger partial charge in [0.25, 0.3) is 0 Å². The first-order valence-corrected chi connectivity index (χ1v) is 23.9. The molecule has 7 heteroatoms. The van der Waals surface area contributed by atoms with E-state index < -0.39 is 0 Å². The van der Waals surface area contributed by atoms with E-state index >= 15 is 0 Å². The third-order valence-corrected chi connectivity index (χ3v) is 13.4. The van der Waals surface area contributed by atoms with E-state index in [9.17, 15) is 5.26 Å². The number of anilines is 10. The summed E-state index contributed by atoms with van der Waals surface area (Å²) in [6.45, 7) is 8.96. The van der Waals surface area contributed by atoms with E-state index in [-0.39, 0.29) is 26.5 Å². The van der Waals surface area contributed by atoms with E-state index in [1.165, 1.54) is 5.56 Å². The second-order valence-electron chi connectivity index (χ2n) is 18.9. The predicted octanol–water partition coefficient (Wildman–Crippen LogP) is 17.2. The van der Waals surface area contributed by atoms with Gasteiger partial charge < -0.3 is 19.6 Å². The summed E-state index contributed by atoms with van der Waals surface area (Å²) in [5, 5.41) is 10.2. The molecule has 10 aromatic rings. The number of hydrogen-bond donors (Lipinski definition) is 0. The molecule has 0 saturated heterocycles. The Labute approximate surface area is 436 Å². The minimum atomic E-state index is -0.0111. The van der Waals surface area contributed by atoms with Crippen LogP contribution in [0.4, 0.5) is 57.0 Å². The van der Waals surface area contributed by atoms with Crippen LogP contribution < -0.4 is 19.6 Å². The van der Waals surface area contributed by atoms with Crippen LogP contribution in [0, 0.1) is 30.1 Å². The molecule has 0 radical (unpaired) electrons. The van der Waals surface area contributed by atoms with Crippen molar-refractivity contribution in [3.63, 3.8) is 0 Å². The number of fused-ring (bicyclic) bond motifs is 6. The summed E-state index contributed by atoms with van der Waals surface area (Å²) in [5.74, 6) is 0.728.